The van der Waals surface area contributed by atoms with Crippen LogP contribution in [-0.2, 0) is 11.3 Å². The molecule has 4 heteroatoms. The van der Waals surface area contributed by atoms with E-state index in [-0.39, 0.29) is 18.6 Å². The molecule has 0 aliphatic rings. The lowest BCUT2D eigenvalue weighted by Gasteiger charge is -2.17. The van der Waals surface area contributed by atoms with Crippen molar-refractivity contribution in [2.75, 3.05) is 13.2 Å². The van der Waals surface area contributed by atoms with E-state index in [1.165, 1.54) is 5.56 Å². The van der Waals surface area contributed by atoms with Crippen LogP contribution < -0.4 is 15.4 Å². The van der Waals surface area contributed by atoms with Crippen molar-refractivity contribution in [1.29, 1.82) is 0 Å². The number of amides is 1. The lowest BCUT2D eigenvalue weighted by molar-refractivity contribution is -0.124. The Morgan fingerprint density at radius 1 is 1.19 bits per heavy atom. The van der Waals surface area contributed by atoms with Gasteiger partial charge < -0.3 is 15.4 Å². The first-order chi connectivity index (χ1) is 10.0. The van der Waals surface area contributed by atoms with Gasteiger partial charge in [0.1, 0.15) is 5.75 Å². The number of nitrogens with one attached hydrogen (secondary N) is 2. The molecule has 1 unspecified atom stereocenters. The van der Waals surface area contributed by atoms with Crippen LogP contribution in [0.15, 0.2) is 24.3 Å². The van der Waals surface area contributed by atoms with Crippen LogP contribution in [0.2, 0.25) is 0 Å². The molecular weight excluding hydrogens is 264 g/mol. The molecule has 0 aliphatic carbocycles. The Morgan fingerprint density at radius 3 is 2.43 bits per heavy atom. The molecule has 0 saturated carbocycles. The Kier molecular flexibility index (Phi) is 7.83. The average molecular weight is 292 g/mol. The van der Waals surface area contributed by atoms with Gasteiger partial charge in [-0.3, -0.25) is 4.79 Å². The number of benzene rings is 1. The second-order valence-corrected chi connectivity index (χ2v) is 5.71. The van der Waals surface area contributed by atoms with Crippen molar-refractivity contribution in [3.05, 3.63) is 29.8 Å². The minimum atomic E-state index is -0.0788. The summed E-state index contributed by atoms with van der Waals surface area (Å²) in [6, 6.07) is 8.01. The SMILES string of the molecule is CCCNCc1ccc(OCC(=O)NC(C)C(C)C)cc1. The largest absolute Gasteiger partial charge is 0.484 e. The van der Waals surface area contributed by atoms with Crippen LogP contribution in [0, 0.1) is 5.92 Å². The highest BCUT2D eigenvalue weighted by Crippen LogP contribution is 2.12. The summed E-state index contributed by atoms with van der Waals surface area (Å²) in [5.74, 6) is 1.07. The van der Waals surface area contributed by atoms with Crippen molar-refractivity contribution >= 4 is 5.91 Å². The monoisotopic (exact) mass is 292 g/mol. The molecule has 0 aromatic heterocycles. The van der Waals surface area contributed by atoms with E-state index in [9.17, 15) is 4.79 Å². The van der Waals surface area contributed by atoms with Crippen LogP contribution >= 0.6 is 0 Å². The molecule has 21 heavy (non-hydrogen) atoms. The van der Waals surface area contributed by atoms with E-state index in [2.05, 4.69) is 31.4 Å². The molecule has 0 fully saturated rings. The van der Waals surface area contributed by atoms with E-state index in [4.69, 9.17) is 4.74 Å². The first-order valence-corrected chi connectivity index (χ1v) is 7.74. The highest BCUT2D eigenvalue weighted by molar-refractivity contribution is 5.77. The van der Waals surface area contributed by atoms with Crippen LogP contribution in [0.5, 0.6) is 5.75 Å². The van der Waals surface area contributed by atoms with E-state index >= 15 is 0 Å². The summed E-state index contributed by atoms with van der Waals surface area (Å²) in [5, 5.41) is 6.27. The molecule has 1 amide bonds. The van der Waals surface area contributed by atoms with Gasteiger partial charge in [0.15, 0.2) is 6.61 Å². The molecule has 1 atom stereocenters. The van der Waals surface area contributed by atoms with Gasteiger partial charge in [0, 0.05) is 12.6 Å². The zero-order valence-electron chi connectivity index (χ0n) is 13.6. The zero-order valence-corrected chi connectivity index (χ0v) is 13.6. The lowest BCUT2D eigenvalue weighted by atomic mass is 10.1. The molecule has 2 N–H and O–H groups in total. The number of hydrogen-bond acceptors (Lipinski definition) is 3. The molecule has 0 bridgehead atoms. The van der Waals surface area contributed by atoms with Crippen molar-refractivity contribution in [2.24, 2.45) is 5.92 Å². The molecule has 0 heterocycles. The Balaban J connectivity index is 2.33. The molecule has 118 valence electrons. The highest BCUT2D eigenvalue weighted by atomic mass is 16.5. The van der Waals surface area contributed by atoms with E-state index in [1.807, 2.05) is 31.2 Å². The van der Waals surface area contributed by atoms with Crippen molar-refractivity contribution < 1.29 is 9.53 Å². The number of hydrogen-bond donors (Lipinski definition) is 2. The van der Waals surface area contributed by atoms with Gasteiger partial charge in [-0.25, -0.2) is 0 Å². The lowest BCUT2D eigenvalue weighted by Crippen LogP contribution is -2.38. The molecule has 0 radical (unpaired) electrons. The van der Waals surface area contributed by atoms with Gasteiger partial charge in [-0.05, 0) is 43.5 Å². The predicted molar refractivity (Wildman–Crippen MR) is 86.4 cm³/mol. The van der Waals surface area contributed by atoms with Crippen LogP contribution in [0.3, 0.4) is 0 Å². The van der Waals surface area contributed by atoms with Gasteiger partial charge in [-0.1, -0.05) is 32.9 Å². The topological polar surface area (TPSA) is 50.4 Å². The number of ether oxygens (including phenoxy) is 1. The van der Waals surface area contributed by atoms with Gasteiger partial charge in [-0.15, -0.1) is 0 Å². The summed E-state index contributed by atoms with van der Waals surface area (Å²) in [7, 11) is 0. The second-order valence-electron chi connectivity index (χ2n) is 5.71. The molecule has 0 aliphatic heterocycles. The standard InChI is InChI=1S/C17H28N2O2/c1-5-10-18-11-15-6-8-16(9-7-15)21-12-17(20)19-14(4)13(2)3/h6-9,13-14,18H,5,10-12H2,1-4H3,(H,19,20). The van der Waals surface area contributed by atoms with Gasteiger partial charge in [0.25, 0.3) is 5.91 Å². The quantitative estimate of drug-likeness (QED) is 0.688. The van der Waals surface area contributed by atoms with E-state index in [0.717, 1.165) is 25.3 Å². The van der Waals surface area contributed by atoms with Crippen molar-refractivity contribution in [3.63, 3.8) is 0 Å². The Hall–Kier alpha value is -1.55. The second kappa shape index (κ2) is 9.40. The van der Waals surface area contributed by atoms with E-state index in [0.29, 0.717) is 5.92 Å². The Morgan fingerprint density at radius 2 is 1.86 bits per heavy atom. The third kappa shape index (κ3) is 7.14. The maximum Gasteiger partial charge on any atom is 0.258 e. The smallest absolute Gasteiger partial charge is 0.258 e. The summed E-state index contributed by atoms with van der Waals surface area (Å²) in [5.41, 5.74) is 1.22. The minimum Gasteiger partial charge on any atom is -0.484 e. The zero-order chi connectivity index (χ0) is 15.7. The summed E-state index contributed by atoms with van der Waals surface area (Å²) in [4.78, 5) is 11.7. The summed E-state index contributed by atoms with van der Waals surface area (Å²) in [6.45, 7) is 10.3. The van der Waals surface area contributed by atoms with Crippen LogP contribution in [0.25, 0.3) is 0 Å². The van der Waals surface area contributed by atoms with Crippen molar-refractivity contribution in [1.82, 2.24) is 10.6 Å². The third-order valence-corrected chi connectivity index (χ3v) is 3.44. The minimum absolute atomic E-state index is 0.0600. The maximum atomic E-state index is 11.7. The fourth-order valence-electron chi connectivity index (χ4n) is 1.72. The molecule has 4 nitrogen and oxygen atoms in total. The van der Waals surface area contributed by atoms with Crippen molar-refractivity contribution in [3.8, 4) is 5.75 Å². The van der Waals surface area contributed by atoms with Crippen LogP contribution in [0.4, 0.5) is 0 Å². The molecule has 1 aromatic rings. The van der Waals surface area contributed by atoms with Crippen molar-refractivity contribution in [2.45, 2.75) is 46.7 Å². The molecule has 1 rings (SSSR count). The Bertz CT molecular complexity index is 415. The first kappa shape index (κ1) is 17.5. The van der Waals surface area contributed by atoms with Crippen LogP contribution in [-0.4, -0.2) is 25.1 Å². The van der Waals surface area contributed by atoms with Gasteiger partial charge in [0.2, 0.25) is 0 Å². The Labute approximate surface area is 128 Å². The van der Waals surface area contributed by atoms with Gasteiger partial charge in [0.05, 0.1) is 0 Å². The van der Waals surface area contributed by atoms with E-state index in [1.54, 1.807) is 0 Å². The predicted octanol–water partition coefficient (Wildman–Crippen LogP) is 2.73. The average Bonchev–Trinajstić information content (AvgIpc) is 2.46. The maximum absolute atomic E-state index is 11.7. The molecule has 0 spiro atoms. The summed E-state index contributed by atoms with van der Waals surface area (Å²) < 4.78 is 5.50. The normalized spacial score (nSPS) is 12.2. The number of rotatable bonds is 9. The van der Waals surface area contributed by atoms with E-state index < -0.39 is 0 Å². The number of carbonyl (C=O) groups excluding carboxylic acids is 1. The third-order valence-electron chi connectivity index (χ3n) is 3.44. The fraction of sp³-hybridized carbons (Fsp3) is 0.588. The van der Waals surface area contributed by atoms with Crippen LogP contribution in [0.1, 0.15) is 39.7 Å². The highest BCUT2D eigenvalue weighted by Gasteiger charge is 2.10. The molecule has 0 saturated heterocycles. The molecular formula is C17H28N2O2. The van der Waals surface area contributed by atoms with Gasteiger partial charge in [-0.2, -0.15) is 0 Å². The first-order valence-electron chi connectivity index (χ1n) is 7.74. The van der Waals surface area contributed by atoms with Gasteiger partial charge >= 0.3 is 0 Å². The summed E-state index contributed by atoms with van der Waals surface area (Å²) in [6.07, 6.45) is 1.13. The number of carbonyl (C=O) groups is 1. The molecule has 1 aromatic carbocycles. The summed E-state index contributed by atoms with van der Waals surface area (Å²) >= 11 is 0. The fourth-order valence-corrected chi connectivity index (χ4v) is 1.72.